The van der Waals surface area contributed by atoms with Crippen molar-refractivity contribution in [3.05, 3.63) is 53.5 Å². The van der Waals surface area contributed by atoms with Crippen molar-refractivity contribution in [1.29, 1.82) is 0 Å². The number of nitrogens with zero attached hydrogens (tertiary/aromatic N) is 1. The molecule has 1 amide bonds. The molecule has 40 heavy (non-hydrogen) atoms. The van der Waals surface area contributed by atoms with Crippen molar-refractivity contribution in [3.8, 4) is 11.5 Å². The first-order valence-corrected chi connectivity index (χ1v) is 13.5. The number of aliphatic hydroxyl groups excluding tert-OH is 1. The fourth-order valence-corrected chi connectivity index (χ4v) is 5.61. The van der Waals surface area contributed by atoms with E-state index in [1.807, 2.05) is 10.6 Å². The van der Waals surface area contributed by atoms with Crippen LogP contribution in [0.25, 0.3) is 10.9 Å². The third-order valence-corrected chi connectivity index (χ3v) is 7.98. The molecule has 0 bridgehead atoms. The standard InChI is InChI=1S/C29H31F3N2O6/c1-3-4-9-37-15-19-14-34-22-13-20(30)21(10-17(22)11-25(34)27(2,16-35)38-19)33-26(36)28(7-8-28)18-5-6-23-24(12-18)40-29(31,32)39-23/h5-6,10-13,19,35H,3-4,7-9,14-16H2,1-2H3,(H,33,36)/t19-,27?/m1/s1. The molecule has 0 spiro atoms. The van der Waals surface area contributed by atoms with E-state index < -0.39 is 29.0 Å². The minimum atomic E-state index is -3.76. The molecule has 6 rings (SSSR count). The monoisotopic (exact) mass is 560 g/mol. The van der Waals surface area contributed by atoms with Gasteiger partial charge in [0.2, 0.25) is 5.91 Å². The Hall–Kier alpha value is -3.28. The lowest BCUT2D eigenvalue weighted by molar-refractivity contribution is -0.286. The lowest BCUT2D eigenvalue weighted by atomic mass is 9.94. The average Bonchev–Trinajstić information content (AvgIpc) is 3.56. The Bertz CT molecular complexity index is 1470. The minimum absolute atomic E-state index is 0.00469. The molecule has 2 N–H and O–H groups in total. The van der Waals surface area contributed by atoms with Gasteiger partial charge in [-0.3, -0.25) is 4.79 Å². The number of anilines is 1. The van der Waals surface area contributed by atoms with Crippen LogP contribution in [0.1, 0.15) is 50.8 Å². The van der Waals surface area contributed by atoms with Crippen LogP contribution in [0.2, 0.25) is 0 Å². The largest absolute Gasteiger partial charge is 0.586 e. The van der Waals surface area contributed by atoms with Crippen LogP contribution in [-0.4, -0.2) is 47.8 Å². The first kappa shape index (κ1) is 26.9. The molecule has 2 aliphatic heterocycles. The van der Waals surface area contributed by atoms with Gasteiger partial charge in [0.1, 0.15) is 17.5 Å². The fourth-order valence-electron chi connectivity index (χ4n) is 5.61. The molecule has 3 heterocycles. The Kier molecular flexibility index (Phi) is 6.51. The van der Waals surface area contributed by atoms with Gasteiger partial charge in [-0.25, -0.2) is 4.39 Å². The summed E-state index contributed by atoms with van der Waals surface area (Å²) in [4.78, 5) is 13.4. The number of carbonyl (C=O) groups is 1. The summed E-state index contributed by atoms with van der Waals surface area (Å²) in [6.07, 6.45) is -1.17. The Morgan fingerprint density at radius 2 is 1.95 bits per heavy atom. The molecule has 1 unspecified atom stereocenters. The highest BCUT2D eigenvalue weighted by atomic mass is 19.3. The van der Waals surface area contributed by atoms with E-state index in [1.165, 1.54) is 18.2 Å². The molecule has 0 radical (unpaired) electrons. The molecule has 1 aromatic heterocycles. The van der Waals surface area contributed by atoms with Crippen LogP contribution < -0.4 is 14.8 Å². The Labute approximate surface area is 229 Å². The van der Waals surface area contributed by atoms with Crippen molar-refractivity contribution in [2.24, 2.45) is 0 Å². The smallest absolute Gasteiger partial charge is 0.395 e. The summed E-state index contributed by atoms with van der Waals surface area (Å²) in [7, 11) is 0. The van der Waals surface area contributed by atoms with Gasteiger partial charge in [-0.1, -0.05) is 19.4 Å². The quantitative estimate of drug-likeness (QED) is 0.350. The Balaban J connectivity index is 1.25. The number of rotatable bonds is 9. The van der Waals surface area contributed by atoms with Gasteiger partial charge in [0, 0.05) is 18.1 Å². The third-order valence-electron chi connectivity index (χ3n) is 7.98. The zero-order chi connectivity index (χ0) is 28.3. The van der Waals surface area contributed by atoms with Crippen LogP contribution in [0.15, 0.2) is 36.4 Å². The van der Waals surface area contributed by atoms with E-state index in [2.05, 4.69) is 21.7 Å². The maximum absolute atomic E-state index is 15.4. The Morgan fingerprint density at radius 3 is 2.67 bits per heavy atom. The SMILES string of the molecule is CCCCOC[C@H]1Cn2c(cc3cc(NC(=O)C4(c5ccc6c(c5)OC(F)(F)O6)CC4)c(F)cc32)C(C)(CO)O1. The summed E-state index contributed by atoms with van der Waals surface area (Å²) in [5, 5.41) is 13.6. The number of benzene rings is 2. The molecule has 214 valence electrons. The van der Waals surface area contributed by atoms with Crippen molar-refractivity contribution in [1.82, 2.24) is 4.57 Å². The summed E-state index contributed by atoms with van der Waals surface area (Å²) in [5.41, 5.74) is -0.173. The summed E-state index contributed by atoms with van der Waals surface area (Å²) in [5.74, 6) is -1.30. The second-order valence-electron chi connectivity index (χ2n) is 11.0. The zero-order valence-corrected chi connectivity index (χ0v) is 22.3. The van der Waals surface area contributed by atoms with E-state index >= 15 is 4.39 Å². The predicted molar refractivity (Wildman–Crippen MR) is 139 cm³/mol. The molecule has 1 saturated carbocycles. The van der Waals surface area contributed by atoms with E-state index in [4.69, 9.17) is 9.47 Å². The maximum atomic E-state index is 15.4. The highest BCUT2D eigenvalue weighted by Crippen LogP contribution is 2.52. The van der Waals surface area contributed by atoms with E-state index in [9.17, 15) is 18.7 Å². The van der Waals surface area contributed by atoms with Crippen molar-refractivity contribution < 1.29 is 42.0 Å². The lowest BCUT2D eigenvalue weighted by Gasteiger charge is -2.39. The van der Waals surface area contributed by atoms with Crippen LogP contribution >= 0.6 is 0 Å². The van der Waals surface area contributed by atoms with Gasteiger partial charge in [-0.15, -0.1) is 8.78 Å². The number of halogens is 3. The molecule has 3 aromatic rings. The van der Waals surface area contributed by atoms with Crippen LogP contribution in [-0.2, 0) is 31.8 Å². The molecular weight excluding hydrogens is 529 g/mol. The number of unbranched alkanes of at least 4 members (excludes halogenated alkanes) is 1. The number of ether oxygens (including phenoxy) is 4. The van der Waals surface area contributed by atoms with E-state index in [1.54, 1.807) is 19.1 Å². The number of amides is 1. The lowest BCUT2D eigenvalue weighted by Crippen LogP contribution is -2.45. The van der Waals surface area contributed by atoms with Crippen LogP contribution in [0, 0.1) is 5.82 Å². The van der Waals surface area contributed by atoms with Crippen LogP contribution in [0.4, 0.5) is 18.9 Å². The molecule has 0 saturated heterocycles. The highest BCUT2D eigenvalue weighted by molar-refractivity contribution is 6.03. The second kappa shape index (κ2) is 9.67. The number of aromatic nitrogens is 1. The summed E-state index contributed by atoms with van der Waals surface area (Å²) in [6, 6.07) is 9.04. The van der Waals surface area contributed by atoms with E-state index in [0.29, 0.717) is 54.8 Å². The van der Waals surface area contributed by atoms with Gasteiger partial charge in [-0.05, 0) is 56.0 Å². The van der Waals surface area contributed by atoms with E-state index in [0.717, 1.165) is 12.8 Å². The Morgan fingerprint density at radius 1 is 1.18 bits per heavy atom. The van der Waals surface area contributed by atoms with Crippen molar-refractivity contribution >= 4 is 22.5 Å². The molecule has 2 atom stereocenters. The maximum Gasteiger partial charge on any atom is 0.586 e. The molecule has 11 heteroatoms. The first-order valence-electron chi connectivity index (χ1n) is 13.5. The van der Waals surface area contributed by atoms with Crippen LogP contribution in [0.5, 0.6) is 11.5 Å². The molecule has 1 fully saturated rings. The van der Waals surface area contributed by atoms with Gasteiger partial charge in [0.05, 0.1) is 42.1 Å². The number of nitrogens with one attached hydrogen (secondary N) is 1. The summed E-state index contributed by atoms with van der Waals surface area (Å²) < 4.78 is 65.2. The second-order valence-corrected chi connectivity index (χ2v) is 11.0. The molecular formula is C29H31F3N2O6. The van der Waals surface area contributed by atoms with Crippen molar-refractivity contribution in [2.45, 2.75) is 69.5 Å². The number of aliphatic hydroxyl groups is 1. The highest BCUT2D eigenvalue weighted by Gasteiger charge is 2.53. The topological polar surface area (TPSA) is 91.2 Å². The van der Waals surface area contributed by atoms with Crippen molar-refractivity contribution in [3.63, 3.8) is 0 Å². The molecule has 1 aliphatic carbocycles. The summed E-state index contributed by atoms with van der Waals surface area (Å²) >= 11 is 0. The van der Waals surface area contributed by atoms with Gasteiger partial charge < -0.3 is 33.9 Å². The minimum Gasteiger partial charge on any atom is -0.395 e. The molecule has 2 aromatic carbocycles. The number of alkyl halides is 2. The van der Waals surface area contributed by atoms with Crippen molar-refractivity contribution in [2.75, 3.05) is 25.1 Å². The molecule has 8 nitrogen and oxygen atoms in total. The number of carbonyl (C=O) groups excluding carboxylic acids is 1. The van der Waals surface area contributed by atoms with Gasteiger partial charge in [-0.2, -0.15) is 0 Å². The summed E-state index contributed by atoms with van der Waals surface area (Å²) in [6.45, 7) is 4.99. The first-order chi connectivity index (χ1) is 19.1. The van der Waals surface area contributed by atoms with E-state index in [-0.39, 0.29) is 29.9 Å². The number of fused-ring (bicyclic) bond motifs is 4. The number of hydrogen-bond acceptors (Lipinski definition) is 6. The van der Waals surface area contributed by atoms with Crippen LogP contribution in [0.3, 0.4) is 0 Å². The van der Waals surface area contributed by atoms with Gasteiger partial charge >= 0.3 is 6.29 Å². The third kappa shape index (κ3) is 4.59. The normalized spacial score (nSPS) is 23.7. The van der Waals surface area contributed by atoms with Gasteiger partial charge in [0.15, 0.2) is 11.5 Å². The predicted octanol–water partition coefficient (Wildman–Crippen LogP) is 5.20. The average molecular weight is 561 g/mol. The fraction of sp³-hybridized carbons (Fsp3) is 0.483. The van der Waals surface area contributed by atoms with Gasteiger partial charge in [0.25, 0.3) is 0 Å². The number of hydrogen-bond donors (Lipinski definition) is 2. The molecule has 3 aliphatic rings. The zero-order valence-electron chi connectivity index (χ0n) is 22.3.